The van der Waals surface area contributed by atoms with Crippen molar-refractivity contribution in [3.63, 3.8) is 0 Å². The third kappa shape index (κ3) is 4.74. The van der Waals surface area contributed by atoms with Gasteiger partial charge in [-0.3, -0.25) is 0 Å². The number of benzene rings is 3. The van der Waals surface area contributed by atoms with Crippen molar-refractivity contribution in [3.05, 3.63) is 76.9 Å². The zero-order valence-electron chi connectivity index (χ0n) is 18.0. The molecule has 0 bridgehead atoms. The van der Waals surface area contributed by atoms with Crippen LogP contribution in [-0.2, 0) is 11.4 Å². The molecule has 0 saturated heterocycles. The minimum absolute atomic E-state index is 0.210. The van der Waals surface area contributed by atoms with E-state index >= 15 is 0 Å². The van der Waals surface area contributed by atoms with E-state index in [1.165, 1.54) is 5.56 Å². The number of aryl methyl sites for hydroxylation is 2. The fraction of sp³-hybridized carbons (Fsp3) is 0.240. The summed E-state index contributed by atoms with van der Waals surface area (Å²) in [6, 6.07) is 17.5. The smallest absolute Gasteiger partial charge is 0.161 e. The van der Waals surface area contributed by atoms with Crippen LogP contribution in [0.1, 0.15) is 29.2 Å². The van der Waals surface area contributed by atoms with Gasteiger partial charge in [0.15, 0.2) is 11.5 Å². The molecule has 3 aromatic carbocycles. The Hall–Kier alpha value is -3.47. The van der Waals surface area contributed by atoms with E-state index in [1.54, 1.807) is 20.3 Å². The summed E-state index contributed by atoms with van der Waals surface area (Å²) in [5.41, 5.74) is 6.33. The molecule has 0 aromatic heterocycles. The number of phenolic OH excluding ortho intramolecular Hbond substituents is 1. The Kier molecular flexibility index (Phi) is 6.62. The zero-order chi connectivity index (χ0) is 21.7. The molecule has 0 saturated carbocycles. The Bertz CT molecular complexity index is 1060. The van der Waals surface area contributed by atoms with Crippen molar-refractivity contribution >= 4 is 5.71 Å². The molecule has 30 heavy (non-hydrogen) atoms. The summed E-state index contributed by atoms with van der Waals surface area (Å²) in [4.78, 5) is 5.58. The predicted octanol–water partition coefficient (Wildman–Crippen LogP) is 5.63. The van der Waals surface area contributed by atoms with Gasteiger partial charge < -0.3 is 19.4 Å². The molecule has 3 rings (SSSR count). The molecule has 0 aliphatic rings. The molecular formula is C25H27NO4. The quantitative estimate of drug-likeness (QED) is 0.408. The molecule has 0 atom stereocenters. The van der Waals surface area contributed by atoms with Gasteiger partial charge in [0.05, 0.1) is 19.9 Å². The largest absolute Gasteiger partial charge is 0.508 e. The highest BCUT2D eigenvalue weighted by atomic mass is 16.6. The summed E-state index contributed by atoms with van der Waals surface area (Å²) in [5.74, 6) is 1.50. The third-order valence-electron chi connectivity index (χ3n) is 4.97. The Morgan fingerprint density at radius 2 is 1.60 bits per heavy atom. The summed E-state index contributed by atoms with van der Waals surface area (Å²) >= 11 is 0. The lowest BCUT2D eigenvalue weighted by atomic mass is 9.94. The van der Waals surface area contributed by atoms with Gasteiger partial charge in [0.25, 0.3) is 0 Å². The SMILES string of the molecule is COc1ccc(-c2cc(C)c(O)cc2/C(C)=N/OCc2ccc(C)cc2)cc1OC. The number of rotatable bonds is 7. The summed E-state index contributed by atoms with van der Waals surface area (Å²) in [6.07, 6.45) is 0. The number of nitrogens with zero attached hydrogens (tertiary/aromatic N) is 1. The monoisotopic (exact) mass is 405 g/mol. The summed E-state index contributed by atoms with van der Waals surface area (Å²) in [5, 5.41) is 14.6. The molecule has 5 heteroatoms. The maximum atomic E-state index is 10.3. The van der Waals surface area contributed by atoms with Crippen molar-refractivity contribution in [2.45, 2.75) is 27.4 Å². The van der Waals surface area contributed by atoms with Crippen LogP contribution in [0.5, 0.6) is 17.2 Å². The van der Waals surface area contributed by atoms with Gasteiger partial charge in [-0.2, -0.15) is 0 Å². The summed E-state index contributed by atoms with van der Waals surface area (Å²) in [6.45, 7) is 6.15. The second-order valence-electron chi connectivity index (χ2n) is 7.19. The molecular weight excluding hydrogens is 378 g/mol. The topological polar surface area (TPSA) is 60.3 Å². The molecule has 156 valence electrons. The van der Waals surface area contributed by atoms with Crippen LogP contribution in [0.2, 0.25) is 0 Å². The highest BCUT2D eigenvalue weighted by molar-refractivity contribution is 6.04. The lowest BCUT2D eigenvalue weighted by Gasteiger charge is -2.15. The Balaban J connectivity index is 1.94. The molecule has 0 fully saturated rings. The molecule has 1 N–H and O–H groups in total. The van der Waals surface area contributed by atoms with Gasteiger partial charge in [-0.1, -0.05) is 41.1 Å². The fourth-order valence-electron chi connectivity index (χ4n) is 3.18. The average molecular weight is 405 g/mol. The van der Waals surface area contributed by atoms with Crippen molar-refractivity contribution < 1.29 is 19.4 Å². The molecule has 5 nitrogen and oxygen atoms in total. The van der Waals surface area contributed by atoms with E-state index in [-0.39, 0.29) is 5.75 Å². The van der Waals surface area contributed by atoms with E-state index in [0.717, 1.165) is 27.8 Å². The van der Waals surface area contributed by atoms with Crippen LogP contribution in [0.4, 0.5) is 0 Å². The Morgan fingerprint density at radius 1 is 0.900 bits per heavy atom. The third-order valence-corrected chi connectivity index (χ3v) is 4.97. The number of phenols is 1. The number of aromatic hydroxyl groups is 1. The lowest BCUT2D eigenvalue weighted by Crippen LogP contribution is -2.01. The van der Waals surface area contributed by atoms with Crippen molar-refractivity contribution in [1.29, 1.82) is 0 Å². The van der Waals surface area contributed by atoms with Gasteiger partial charge in [-0.15, -0.1) is 0 Å². The van der Waals surface area contributed by atoms with Crippen LogP contribution in [0.15, 0.2) is 59.8 Å². The molecule has 0 aliphatic heterocycles. The predicted molar refractivity (Wildman–Crippen MR) is 120 cm³/mol. The molecule has 0 radical (unpaired) electrons. The average Bonchev–Trinajstić information content (AvgIpc) is 2.76. The molecule has 0 aliphatic carbocycles. The van der Waals surface area contributed by atoms with Crippen LogP contribution in [-0.4, -0.2) is 25.0 Å². The van der Waals surface area contributed by atoms with Crippen LogP contribution in [0.3, 0.4) is 0 Å². The van der Waals surface area contributed by atoms with Gasteiger partial charge in [-0.05, 0) is 67.3 Å². The highest BCUT2D eigenvalue weighted by Gasteiger charge is 2.14. The first kappa shape index (κ1) is 21.2. The Labute approximate surface area is 177 Å². The van der Waals surface area contributed by atoms with Gasteiger partial charge in [0, 0.05) is 5.56 Å². The van der Waals surface area contributed by atoms with E-state index in [1.807, 2.05) is 69.3 Å². The number of hydrogen-bond acceptors (Lipinski definition) is 5. The maximum Gasteiger partial charge on any atom is 0.161 e. The number of oxime groups is 1. The molecule has 3 aromatic rings. The Morgan fingerprint density at radius 3 is 2.27 bits per heavy atom. The van der Waals surface area contributed by atoms with Crippen molar-refractivity contribution in [1.82, 2.24) is 0 Å². The minimum atomic E-state index is 0.210. The first-order chi connectivity index (χ1) is 14.4. The summed E-state index contributed by atoms with van der Waals surface area (Å²) < 4.78 is 10.8. The summed E-state index contributed by atoms with van der Waals surface area (Å²) in [7, 11) is 3.21. The van der Waals surface area contributed by atoms with Gasteiger partial charge in [0.2, 0.25) is 0 Å². The van der Waals surface area contributed by atoms with Crippen LogP contribution in [0, 0.1) is 13.8 Å². The second-order valence-corrected chi connectivity index (χ2v) is 7.19. The minimum Gasteiger partial charge on any atom is -0.508 e. The second kappa shape index (κ2) is 9.35. The number of methoxy groups -OCH3 is 2. The highest BCUT2D eigenvalue weighted by Crippen LogP contribution is 2.36. The molecule has 0 spiro atoms. The van der Waals surface area contributed by atoms with Gasteiger partial charge in [0.1, 0.15) is 12.4 Å². The van der Waals surface area contributed by atoms with Gasteiger partial charge >= 0.3 is 0 Å². The number of hydrogen-bond donors (Lipinski definition) is 1. The van der Waals surface area contributed by atoms with E-state index in [4.69, 9.17) is 14.3 Å². The normalized spacial score (nSPS) is 11.3. The molecule has 0 unspecified atom stereocenters. The number of ether oxygens (including phenoxy) is 2. The van der Waals surface area contributed by atoms with Crippen LogP contribution < -0.4 is 9.47 Å². The van der Waals surface area contributed by atoms with E-state index in [0.29, 0.717) is 23.8 Å². The van der Waals surface area contributed by atoms with Crippen LogP contribution in [0.25, 0.3) is 11.1 Å². The lowest BCUT2D eigenvalue weighted by molar-refractivity contribution is 0.130. The first-order valence-electron chi connectivity index (χ1n) is 9.71. The zero-order valence-corrected chi connectivity index (χ0v) is 18.0. The molecule has 0 amide bonds. The van der Waals surface area contributed by atoms with Crippen molar-refractivity contribution in [3.8, 4) is 28.4 Å². The van der Waals surface area contributed by atoms with E-state index < -0.39 is 0 Å². The van der Waals surface area contributed by atoms with E-state index in [2.05, 4.69) is 5.16 Å². The van der Waals surface area contributed by atoms with Crippen LogP contribution >= 0.6 is 0 Å². The first-order valence-corrected chi connectivity index (χ1v) is 9.71. The van der Waals surface area contributed by atoms with E-state index in [9.17, 15) is 5.11 Å². The van der Waals surface area contributed by atoms with Crippen molar-refractivity contribution in [2.75, 3.05) is 14.2 Å². The maximum absolute atomic E-state index is 10.3. The van der Waals surface area contributed by atoms with Crippen molar-refractivity contribution in [2.24, 2.45) is 5.16 Å². The molecule has 0 heterocycles. The fourth-order valence-corrected chi connectivity index (χ4v) is 3.18. The van der Waals surface area contributed by atoms with Gasteiger partial charge in [-0.25, -0.2) is 0 Å². The standard InChI is InChI=1S/C25H27NO4/c1-16-6-8-19(9-7-16)15-30-26-18(3)21-14-23(27)17(2)12-22(21)20-10-11-24(28-4)25(13-20)29-5/h6-14,27H,15H2,1-5H3/b26-18+.